The zero-order chi connectivity index (χ0) is 20.2. The predicted octanol–water partition coefficient (Wildman–Crippen LogP) is 6.18. The van der Waals surface area contributed by atoms with E-state index in [-0.39, 0.29) is 5.41 Å². The summed E-state index contributed by atoms with van der Waals surface area (Å²) in [7, 11) is 4.14. The van der Waals surface area contributed by atoms with Crippen molar-refractivity contribution in [2.24, 2.45) is 5.10 Å². The van der Waals surface area contributed by atoms with Crippen molar-refractivity contribution in [2.75, 3.05) is 19.1 Å². The van der Waals surface area contributed by atoms with Crippen LogP contribution in [0.4, 0.5) is 11.4 Å². The van der Waals surface area contributed by atoms with Crippen LogP contribution in [-0.4, -0.2) is 30.6 Å². The molecule has 0 N–H and O–H groups in total. The van der Waals surface area contributed by atoms with Crippen molar-refractivity contribution < 1.29 is 4.58 Å². The van der Waals surface area contributed by atoms with E-state index in [2.05, 4.69) is 92.2 Å². The van der Waals surface area contributed by atoms with Crippen molar-refractivity contribution in [1.29, 1.82) is 0 Å². The van der Waals surface area contributed by atoms with Crippen molar-refractivity contribution in [2.45, 2.75) is 19.3 Å². The first-order chi connectivity index (χ1) is 14.0. The van der Waals surface area contributed by atoms with E-state index in [4.69, 9.17) is 5.10 Å². The Labute approximate surface area is 175 Å². The fourth-order valence-electron chi connectivity index (χ4n) is 4.35. The van der Waals surface area contributed by atoms with E-state index in [0.29, 0.717) is 0 Å². The monoisotopic (exact) mass is 398 g/mol. The first kappa shape index (κ1) is 18.1. The maximum atomic E-state index is 4.81. The molecule has 144 valence electrons. The highest BCUT2D eigenvalue weighted by Crippen LogP contribution is 2.38. The van der Waals surface area contributed by atoms with Crippen LogP contribution < -0.4 is 5.01 Å². The standard InChI is InChI=1S/C25H24N3S/c1-25(2)20-10-6-7-11-21(20)27(3)24(25)16-26-28(4)17-13-14-23-19(15-17)18-9-5-8-12-22(18)29-23/h5-16H,1-4H3/q+1. The topological polar surface area (TPSA) is 18.6 Å². The third-order valence-corrected chi connectivity index (χ3v) is 7.18. The molecule has 29 heavy (non-hydrogen) atoms. The highest BCUT2D eigenvalue weighted by molar-refractivity contribution is 7.25. The van der Waals surface area contributed by atoms with Gasteiger partial charge in [-0.15, -0.1) is 11.3 Å². The van der Waals surface area contributed by atoms with Crippen LogP contribution in [0, 0.1) is 0 Å². The number of hydrazone groups is 1. The van der Waals surface area contributed by atoms with Crippen LogP contribution in [0.5, 0.6) is 0 Å². The van der Waals surface area contributed by atoms with Crippen molar-refractivity contribution in [1.82, 2.24) is 0 Å². The maximum absolute atomic E-state index is 4.81. The molecule has 1 aliphatic rings. The number of para-hydroxylation sites is 1. The second kappa shape index (κ2) is 6.53. The van der Waals surface area contributed by atoms with Gasteiger partial charge in [0.15, 0.2) is 0 Å². The molecule has 0 spiro atoms. The van der Waals surface area contributed by atoms with Gasteiger partial charge in [0.1, 0.15) is 13.3 Å². The van der Waals surface area contributed by atoms with Crippen LogP contribution in [-0.2, 0) is 5.41 Å². The molecular formula is C25H24N3S+. The minimum absolute atomic E-state index is 0.0663. The highest BCUT2D eigenvalue weighted by atomic mass is 32.1. The second-order valence-electron chi connectivity index (χ2n) is 8.13. The van der Waals surface area contributed by atoms with E-state index in [1.54, 1.807) is 0 Å². The number of hydrogen-bond acceptors (Lipinski definition) is 3. The summed E-state index contributed by atoms with van der Waals surface area (Å²) in [6, 6.07) is 23.8. The highest BCUT2D eigenvalue weighted by Gasteiger charge is 2.43. The number of thiophene rings is 1. The molecule has 1 aliphatic heterocycles. The Morgan fingerprint density at radius 2 is 1.66 bits per heavy atom. The first-order valence-electron chi connectivity index (χ1n) is 9.86. The first-order valence-corrected chi connectivity index (χ1v) is 10.7. The Morgan fingerprint density at radius 1 is 0.931 bits per heavy atom. The molecule has 0 amide bonds. The molecule has 3 aromatic carbocycles. The summed E-state index contributed by atoms with van der Waals surface area (Å²) in [5.74, 6) is 0. The summed E-state index contributed by atoms with van der Waals surface area (Å²) in [5.41, 5.74) is 4.83. The molecule has 2 heterocycles. The van der Waals surface area contributed by atoms with Gasteiger partial charge < -0.3 is 0 Å². The zero-order valence-corrected chi connectivity index (χ0v) is 18.0. The van der Waals surface area contributed by atoms with Gasteiger partial charge in [-0.2, -0.15) is 9.68 Å². The smallest absolute Gasteiger partial charge is 0.212 e. The van der Waals surface area contributed by atoms with Gasteiger partial charge in [-0.1, -0.05) is 36.4 Å². The molecule has 0 radical (unpaired) electrons. The molecular weight excluding hydrogens is 374 g/mol. The van der Waals surface area contributed by atoms with Crippen LogP contribution in [0.2, 0.25) is 0 Å². The van der Waals surface area contributed by atoms with Gasteiger partial charge in [0.05, 0.1) is 11.1 Å². The van der Waals surface area contributed by atoms with E-state index in [0.717, 1.165) is 5.69 Å². The van der Waals surface area contributed by atoms with Crippen molar-refractivity contribution in [3.05, 3.63) is 72.3 Å². The van der Waals surface area contributed by atoms with Crippen LogP contribution in [0.3, 0.4) is 0 Å². The number of rotatable bonds is 3. The molecule has 5 rings (SSSR count). The zero-order valence-electron chi connectivity index (χ0n) is 17.2. The van der Waals surface area contributed by atoms with Crippen LogP contribution in [0.15, 0.2) is 71.8 Å². The molecule has 0 unspecified atom stereocenters. The SMILES string of the molecule is CN(N=CC1=[N+](C)c2ccccc2C1(C)C)c1ccc2sc3ccccc3c2c1. The maximum Gasteiger partial charge on any atom is 0.212 e. The van der Waals surface area contributed by atoms with Gasteiger partial charge in [0.2, 0.25) is 11.4 Å². The molecule has 0 saturated heterocycles. The number of anilines is 1. The van der Waals surface area contributed by atoms with Gasteiger partial charge in [0.25, 0.3) is 0 Å². The van der Waals surface area contributed by atoms with E-state index >= 15 is 0 Å². The molecule has 4 aromatic rings. The molecule has 0 atom stereocenters. The number of benzene rings is 3. The van der Waals surface area contributed by atoms with Gasteiger partial charge >= 0.3 is 0 Å². The Morgan fingerprint density at radius 3 is 2.48 bits per heavy atom. The van der Waals surface area contributed by atoms with Crippen molar-refractivity contribution in [3.8, 4) is 0 Å². The van der Waals surface area contributed by atoms with Gasteiger partial charge in [-0.05, 0) is 38.1 Å². The van der Waals surface area contributed by atoms with Crippen LogP contribution in [0.25, 0.3) is 20.2 Å². The Bertz CT molecular complexity index is 1310. The Hall–Kier alpha value is -2.98. The summed E-state index contributed by atoms with van der Waals surface area (Å²) < 4.78 is 4.89. The quantitative estimate of drug-likeness (QED) is 0.229. The lowest BCUT2D eigenvalue weighted by Gasteiger charge is -2.16. The molecule has 3 nitrogen and oxygen atoms in total. The Kier molecular flexibility index (Phi) is 4.07. The number of nitrogens with zero attached hydrogens (tertiary/aromatic N) is 3. The van der Waals surface area contributed by atoms with Gasteiger partial charge in [0, 0.05) is 38.8 Å². The third-order valence-electron chi connectivity index (χ3n) is 6.03. The third kappa shape index (κ3) is 2.78. The normalized spacial score (nSPS) is 15.6. The second-order valence-corrected chi connectivity index (χ2v) is 9.22. The van der Waals surface area contributed by atoms with Crippen LogP contribution in [0.1, 0.15) is 19.4 Å². The number of fused-ring (bicyclic) bond motifs is 4. The summed E-state index contributed by atoms with van der Waals surface area (Å²) in [6.07, 6.45) is 2.01. The van der Waals surface area contributed by atoms with Crippen LogP contribution >= 0.6 is 11.3 Å². The lowest BCUT2D eigenvalue weighted by Crippen LogP contribution is -2.30. The lowest BCUT2D eigenvalue weighted by atomic mass is 9.82. The molecule has 0 fully saturated rings. The predicted molar refractivity (Wildman–Crippen MR) is 127 cm³/mol. The number of hydrogen-bond donors (Lipinski definition) is 0. The largest absolute Gasteiger partial charge is 0.268 e. The molecule has 1 aromatic heterocycles. The molecule has 0 bridgehead atoms. The molecule has 0 saturated carbocycles. The Balaban J connectivity index is 1.50. The molecule has 4 heteroatoms. The minimum atomic E-state index is -0.0663. The van der Waals surface area contributed by atoms with Gasteiger partial charge in [-0.3, -0.25) is 5.01 Å². The average molecular weight is 399 g/mol. The fourth-order valence-corrected chi connectivity index (χ4v) is 5.44. The van der Waals surface area contributed by atoms with E-state index in [1.165, 1.54) is 37.1 Å². The lowest BCUT2D eigenvalue weighted by molar-refractivity contribution is -0.400. The van der Waals surface area contributed by atoms with Crippen molar-refractivity contribution >= 4 is 54.8 Å². The van der Waals surface area contributed by atoms with Gasteiger partial charge in [-0.25, -0.2) is 0 Å². The minimum Gasteiger partial charge on any atom is -0.268 e. The summed E-state index contributed by atoms with van der Waals surface area (Å²) in [5, 5.41) is 9.38. The van der Waals surface area contributed by atoms with Crippen molar-refractivity contribution in [3.63, 3.8) is 0 Å². The molecule has 0 aliphatic carbocycles. The van der Waals surface area contributed by atoms with E-state index < -0.39 is 0 Å². The summed E-state index contributed by atoms with van der Waals surface area (Å²) in [4.78, 5) is 0. The summed E-state index contributed by atoms with van der Waals surface area (Å²) >= 11 is 1.84. The van der Waals surface area contributed by atoms with E-state index in [9.17, 15) is 0 Å². The fraction of sp³-hybridized carbons (Fsp3) is 0.200. The average Bonchev–Trinajstić information content (AvgIpc) is 3.19. The summed E-state index contributed by atoms with van der Waals surface area (Å²) in [6.45, 7) is 4.53. The van der Waals surface area contributed by atoms with E-state index in [1.807, 2.05) is 29.6 Å².